The van der Waals surface area contributed by atoms with E-state index in [1.165, 1.54) is 15.6 Å². The number of thiophene rings is 1. The zero-order valence-electron chi connectivity index (χ0n) is 15.6. The first-order valence-corrected chi connectivity index (χ1v) is 11.2. The number of carboxylic acid groups (broad SMARTS) is 1. The molecule has 1 atom stereocenters. The molecule has 0 spiro atoms. The molecule has 0 aliphatic carbocycles. The summed E-state index contributed by atoms with van der Waals surface area (Å²) in [7, 11) is -3.38. The number of fused-ring (bicyclic) bond motifs is 1. The summed E-state index contributed by atoms with van der Waals surface area (Å²) < 4.78 is 26.8. The summed E-state index contributed by atoms with van der Waals surface area (Å²) in [6.07, 6.45) is 4.05. The third-order valence-electron chi connectivity index (χ3n) is 4.52. The van der Waals surface area contributed by atoms with E-state index >= 15 is 0 Å². The highest BCUT2D eigenvalue weighted by molar-refractivity contribution is 7.89. The van der Waals surface area contributed by atoms with Crippen LogP contribution in [0.4, 0.5) is 0 Å². The molecule has 154 valence electrons. The van der Waals surface area contributed by atoms with Crippen molar-refractivity contribution < 1.29 is 18.3 Å². The second kappa shape index (κ2) is 8.97. The third kappa shape index (κ3) is 4.98. The summed E-state index contributed by atoms with van der Waals surface area (Å²) in [5.74, 6) is -0.879. The van der Waals surface area contributed by atoms with Gasteiger partial charge in [-0.05, 0) is 41.6 Å². The fraction of sp³-hybridized carbons (Fsp3) is 0.263. The lowest BCUT2D eigenvalue weighted by Gasteiger charge is -2.16. The van der Waals surface area contributed by atoms with Crippen LogP contribution < -0.4 is 11.5 Å². The number of nitrogens with two attached hydrogens (primary N) is 2. The monoisotopic (exact) mass is 434 g/mol. The first kappa shape index (κ1) is 21.3. The molecule has 1 saturated heterocycles. The number of benzene rings is 1. The maximum Gasteiger partial charge on any atom is 0.345 e. The van der Waals surface area contributed by atoms with Gasteiger partial charge in [-0.3, -0.25) is 4.98 Å². The maximum atomic E-state index is 12.2. The molecule has 10 heteroatoms. The normalized spacial score (nSPS) is 17.1. The van der Waals surface area contributed by atoms with E-state index in [1.54, 1.807) is 48.8 Å². The van der Waals surface area contributed by atoms with Crippen LogP contribution in [-0.2, 0) is 16.6 Å². The van der Waals surface area contributed by atoms with E-state index < -0.39 is 16.0 Å². The van der Waals surface area contributed by atoms with Crippen LogP contribution in [0.15, 0.2) is 53.7 Å². The number of rotatable bonds is 4. The molecule has 3 aromatic rings. The molecule has 0 radical (unpaired) electrons. The van der Waals surface area contributed by atoms with Crippen LogP contribution >= 0.6 is 11.3 Å². The van der Waals surface area contributed by atoms with Crippen molar-refractivity contribution in [1.82, 2.24) is 9.29 Å². The number of aromatic nitrogens is 1. The van der Waals surface area contributed by atoms with Gasteiger partial charge in [-0.1, -0.05) is 12.1 Å². The van der Waals surface area contributed by atoms with Gasteiger partial charge >= 0.3 is 5.97 Å². The first-order chi connectivity index (χ1) is 13.8. The Morgan fingerprint density at radius 3 is 2.55 bits per heavy atom. The third-order valence-corrected chi connectivity index (χ3v) is 7.47. The predicted molar refractivity (Wildman–Crippen MR) is 112 cm³/mol. The van der Waals surface area contributed by atoms with Gasteiger partial charge in [0.25, 0.3) is 0 Å². The summed E-state index contributed by atoms with van der Waals surface area (Å²) in [5.41, 5.74) is 12.1. The Bertz CT molecular complexity index is 1060. The number of nitrogens with zero attached hydrogens (tertiary/aromatic N) is 2. The van der Waals surface area contributed by atoms with Crippen LogP contribution in [0.2, 0.25) is 0 Å². The number of carboxylic acids is 1. The lowest BCUT2D eigenvalue weighted by molar-refractivity contribution is 0.0702. The van der Waals surface area contributed by atoms with Gasteiger partial charge in [0, 0.05) is 38.1 Å². The van der Waals surface area contributed by atoms with E-state index in [-0.39, 0.29) is 6.04 Å². The molecule has 8 nitrogen and oxygen atoms in total. The van der Waals surface area contributed by atoms with Gasteiger partial charge < -0.3 is 16.6 Å². The molecule has 5 N–H and O–H groups in total. The van der Waals surface area contributed by atoms with E-state index in [0.29, 0.717) is 29.4 Å². The summed E-state index contributed by atoms with van der Waals surface area (Å²) in [4.78, 5) is 15.1. The molecule has 1 aliphatic rings. The average Bonchev–Trinajstić information content (AvgIpc) is 3.35. The Kier molecular flexibility index (Phi) is 6.60. The molecular weight excluding hydrogens is 412 g/mol. The highest BCUT2D eigenvalue weighted by atomic mass is 32.2. The van der Waals surface area contributed by atoms with Gasteiger partial charge in [0.2, 0.25) is 10.0 Å². The van der Waals surface area contributed by atoms with Crippen molar-refractivity contribution in [2.24, 2.45) is 11.5 Å². The van der Waals surface area contributed by atoms with Crippen molar-refractivity contribution >= 4 is 37.4 Å². The van der Waals surface area contributed by atoms with Crippen molar-refractivity contribution in [3.63, 3.8) is 0 Å². The van der Waals surface area contributed by atoms with Gasteiger partial charge in [-0.25, -0.2) is 13.2 Å². The van der Waals surface area contributed by atoms with Crippen molar-refractivity contribution in [3.05, 3.63) is 59.2 Å². The molecule has 1 aromatic carbocycles. The number of pyridine rings is 1. The van der Waals surface area contributed by atoms with Crippen LogP contribution in [-0.4, -0.2) is 47.9 Å². The zero-order valence-corrected chi connectivity index (χ0v) is 17.2. The summed E-state index contributed by atoms with van der Waals surface area (Å²) >= 11 is 1.24. The van der Waals surface area contributed by atoms with E-state index in [2.05, 4.69) is 4.98 Å². The standard InChI is InChI=1S/C11H17N3O2S.C8H5NO2S/c12-7-9-1-3-11(4-2-9)17(15,16)14-6-5-10(13)8-14;10-8(11)6-3-5-1-2-9-4-7(5)12-6/h1-4,10H,5-8,12-13H2;1-4H,(H,10,11). The molecule has 1 aliphatic heterocycles. The van der Waals surface area contributed by atoms with Gasteiger partial charge in [-0.2, -0.15) is 4.31 Å². The molecule has 4 rings (SSSR count). The van der Waals surface area contributed by atoms with E-state index in [4.69, 9.17) is 16.6 Å². The molecule has 1 fully saturated rings. The van der Waals surface area contributed by atoms with E-state index in [0.717, 1.165) is 22.1 Å². The largest absolute Gasteiger partial charge is 0.477 e. The minimum Gasteiger partial charge on any atom is -0.477 e. The van der Waals surface area contributed by atoms with Crippen LogP contribution in [0.25, 0.3) is 10.1 Å². The van der Waals surface area contributed by atoms with Gasteiger partial charge in [0.15, 0.2) is 0 Å². The number of carbonyl (C=O) groups is 1. The molecule has 0 saturated carbocycles. The Hall–Kier alpha value is -2.37. The number of hydrogen-bond acceptors (Lipinski definition) is 7. The number of sulfonamides is 1. The van der Waals surface area contributed by atoms with Crippen molar-refractivity contribution in [1.29, 1.82) is 0 Å². The summed E-state index contributed by atoms with van der Waals surface area (Å²) in [5, 5.41) is 9.61. The summed E-state index contributed by atoms with van der Waals surface area (Å²) in [6.45, 7) is 1.32. The maximum absolute atomic E-state index is 12.2. The van der Waals surface area contributed by atoms with Crippen molar-refractivity contribution in [2.45, 2.75) is 23.9 Å². The van der Waals surface area contributed by atoms with Crippen LogP contribution in [0.3, 0.4) is 0 Å². The highest BCUT2D eigenvalue weighted by Crippen LogP contribution is 2.24. The number of hydrogen-bond donors (Lipinski definition) is 3. The molecule has 0 bridgehead atoms. The van der Waals surface area contributed by atoms with Gasteiger partial charge in [-0.15, -0.1) is 11.3 Å². The molecule has 1 unspecified atom stereocenters. The Morgan fingerprint density at radius 1 is 1.28 bits per heavy atom. The van der Waals surface area contributed by atoms with Gasteiger partial charge in [0.1, 0.15) is 4.88 Å². The second-order valence-corrected chi connectivity index (χ2v) is 9.61. The molecule has 2 aromatic heterocycles. The Labute approximate surface area is 172 Å². The van der Waals surface area contributed by atoms with Crippen LogP contribution in [0.5, 0.6) is 0 Å². The van der Waals surface area contributed by atoms with Crippen LogP contribution in [0.1, 0.15) is 21.7 Å². The zero-order chi connectivity index (χ0) is 21.0. The topological polar surface area (TPSA) is 140 Å². The molecule has 3 heterocycles. The van der Waals surface area contributed by atoms with Crippen LogP contribution in [0, 0.1) is 0 Å². The SMILES string of the molecule is NCc1ccc(S(=O)(=O)N2CCC(N)C2)cc1.O=C(O)c1cc2ccncc2s1. The lowest BCUT2D eigenvalue weighted by atomic mass is 10.2. The fourth-order valence-electron chi connectivity index (χ4n) is 2.91. The second-order valence-electron chi connectivity index (χ2n) is 6.59. The molecule has 29 heavy (non-hydrogen) atoms. The lowest BCUT2D eigenvalue weighted by Crippen LogP contribution is -2.31. The minimum absolute atomic E-state index is 0.0481. The predicted octanol–water partition coefficient (Wildman–Crippen LogP) is 1.86. The summed E-state index contributed by atoms with van der Waals surface area (Å²) in [6, 6.07) is 10.1. The van der Waals surface area contributed by atoms with E-state index in [9.17, 15) is 13.2 Å². The minimum atomic E-state index is -3.38. The van der Waals surface area contributed by atoms with Crippen molar-refractivity contribution in [3.8, 4) is 0 Å². The Morgan fingerprint density at radius 2 is 2.00 bits per heavy atom. The van der Waals surface area contributed by atoms with Crippen molar-refractivity contribution in [2.75, 3.05) is 13.1 Å². The molecular formula is C19H22N4O4S2. The highest BCUT2D eigenvalue weighted by Gasteiger charge is 2.30. The number of aromatic carboxylic acids is 1. The quantitative estimate of drug-likeness (QED) is 0.569. The smallest absolute Gasteiger partial charge is 0.345 e. The average molecular weight is 435 g/mol. The molecule has 0 amide bonds. The first-order valence-electron chi connectivity index (χ1n) is 8.93. The van der Waals surface area contributed by atoms with Gasteiger partial charge in [0.05, 0.1) is 9.60 Å². The van der Waals surface area contributed by atoms with E-state index in [1.807, 2.05) is 0 Å². The Balaban J connectivity index is 0.000000176. The fourth-order valence-corrected chi connectivity index (χ4v) is 5.29.